The second kappa shape index (κ2) is 6.66. The second-order valence-electron chi connectivity index (χ2n) is 5.17. The fourth-order valence-electron chi connectivity index (χ4n) is 1.77. The maximum Gasteiger partial charge on any atom is 0.416 e. The Hall–Kier alpha value is -1.61. The van der Waals surface area contributed by atoms with Crippen LogP contribution in [0.3, 0.4) is 0 Å². The van der Waals surface area contributed by atoms with Gasteiger partial charge in [0.2, 0.25) is 10.0 Å². The average molecular weight is 339 g/mol. The summed E-state index contributed by atoms with van der Waals surface area (Å²) in [5.74, 6) is -1.49. The molecule has 0 aliphatic carbocycles. The van der Waals surface area contributed by atoms with Gasteiger partial charge in [-0.15, -0.1) is 0 Å². The summed E-state index contributed by atoms with van der Waals surface area (Å²) in [6.07, 6.45) is -4.66. The van der Waals surface area contributed by atoms with Gasteiger partial charge in [0.25, 0.3) is 0 Å². The third-order valence-corrected chi connectivity index (χ3v) is 4.24. The minimum absolute atomic E-state index is 0.0214. The van der Waals surface area contributed by atoms with E-state index in [0.29, 0.717) is 6.07 Å². The van der Waals surface area contributed by atoms with E-state index in [4.69, 9.17) is 5.11 Å². The van der Waals surface area contributed by atoms with Gasteiger partial charge in [-0.25, -0.2) is 8.42 Å². The van der Waals surface area contributed by atoms with E-state index in [9.17, 15) is 26.4 Å². The summed E-state index contributed by atoms with van der Waals surface area (Å²) in [6.45, 7) is 3.41. The first-order chi connectivity index (χ1) is 9.93. The van der Waals surface area contributed by atoms with Crippen LogP contribution in [0.2, 0.25) is 0 Å². The molecule has 0 aromatic heterocycles. The number of carboxylic acid groups (broad SMARTS) is 1. The predicted molar refractivity (Wildman–Crippen MR) is 72.6 cm³/mol. The van der Waals surface area contributed by atoms with Crippen LogP contribution in [0.15, 0.2) is 29.2 Å². The summed E-state index contributed by atoms with van der Waals surface area (Å²) in [6, 6.07) is 1.74. The van der Waals surface area contributed by atoms with Crippen LogP contribution in [0.5, 0.6) is 0 Å². The molecule has 9 heteroatoms. The van der Waals surface area contributed by atoms with E-state index in [-0.39, 0.29) is 12.3 Å². The third-order valence-electron chi connectivity index (χ3n) is 2.77. The van der Waals surface area contributed by atoms with Crippen molar-refractivity contribution >= 4 is 16.0 Å². The lowest BCUT2D eigenvalue weighted by atomic mass is 10.1. The number of aliphatic carboxylic acids is 1. The first-order valence-electron chi connectivity index (χ1n) is 6.36. The Kier molecular flexibility index (Phi) is 5.58. The van der Waals surface area contributed by atoms with Gasteiger partial charge >= 0.3 is 12.1 Å². The Morgan fingerprint density at radius 1 is 1.32 bits per heavy atom. The molecular weight excluding hydrogens is 323 g/mol. The van der Waals surface area contributed by atoms with Crippen molar-refractivity contribution in [3.05, 3.63) is 29.8 Å². The fourth-order valence-corrected chi connectivity index (χ4v) is 3.01. The van der Waals surface area contributed by atoms with Gasteiger partial charge in [-0.3, -0.25) is 4.79 Å². The predicted octanol–water partition coefficient (Wildman–Crippen LogP) is 2.48. The van der Waals surface area contributed by atoms with E-state index in [1.807, 2.05) is 4.72 Å². The number of halogens is 3. The molecule has 1 aromatic carbocycles. The van der Waals surface area contributed by atoms with Gasteiger partial charge in [0.05, 0.1) is 10.5 Å². The number of nitrogens with one attached hydrogen (secondary N) is 1. The SMILES string of the molecule is CC(C)CC(NS(=O)(=O)c1cccc(C(F)(F)F)c1)C(=O)O. The summed E-state index contributed by atoms with van der Waals surface area (Å²) in [5, 5.41) is 9.01. The highest BCUT2D eigenvalue weighted by molar-refractivity contribution is 7.89. The quantitative estimate of drug-likeness (QED) is 0.834. The summed E-state index contributed by atoms with van der Waals surface area (Å²) in [5.41, 5.74) is -1.12. The molecule has 124 valence electrons. The number of alkyl halides is 3. The van der Waals surface area contributed by atoms with Crippen LogP contribution in [-0.4, -0.2) is 25.5 Å². The van der Waals surface area contributed by atoms with E-state index >= 15 is 0 Å². The molecule has 0 aliphatic heterocycles. The van der Waals surface area contributed by atoms with Crippen molar-refractivity contribution in [2.75, 3.05) is 0 Å². The van der Waals surface area contributed by atoms with Crippen molar-refractivity contribution < 1.29 is 31.5 Å². The van der Waals surface area contributed by atoms with E-state index in [1.165, 1.54) is 0 Å². The van der Waals surface area contributed by atoms with Gasteiger partial charge in [-0.05, 0) is 30.5 Å². The van der Waals surface area contributed by atoms with Gasteiger partial charge in [-0.2, -0.15) is 17.9 Å². The highest BCUT2D eigenvalue weighted by atomic mass is 32.2. The maximum absolute atomic E-state index is 12.6. The zero-order valence-corrected chi connectivity index (χ0v) is 12.7. The number of sulfonamides is 1. The lowest BCUT2D eigenvalue weighted by Crippen LogP contribution is -2.41. The zero-order chi connectivity index (χ0) is 17.1. The number of hydrogen-bond acceptors (Lipinski definition) is 3. The second-order valence-corrected chi connectivity index (χ2v) is 6.88. The molecule has 1 atom stereocenters. The van der Waals surface area contributed by atoms with Crippen molar-refractivity contribution in [3.8, 4) is 0 Å². The van der Waals surface area contributed by atoms with Crippen LogP contribution in [0.1, 0.15) is 25.8 Å². The molecule has 0 radical (unpaired) electrons. The standard InChI is InChI=1S/C13H16F3NO4S/c1-8(2)6-11(12(18)19)17-22(20,21)10-5-3-4-9(7-10)13(14,15)16/h3-5,7-8,11,17H,6H2,1-2H3,(H,18,19). The van der Waals surface area contributed by atoms with Crippen molar-refractivity contribution in [2.45, 2.75) is 37.4 Å². The van der Waals surface area contributed by atoms with Gasteiger partial charge in [0.15, 0.2) is 0 Å². The van der Waals surface area contributed by atoms with Crippen molar-refractivity contribution in [1.29, 1.82) is 0 Å². The summed E-state index contributed by atoms with van der Waals surface area (Å²) >= 11 is 0. The zero-order valence-electron chi connectivity index (χ0n) is 11.9. The first-order valence-corrected chi connectivity index (χ1v) is 7.84. The molecule has 0 aliphatic rings. The van der Waals surface area contributed by atoms with Crippen LogP contribution in [0.4, 0.5) is 13.2 Å². The highest BCUT2D eigenvalue weighted by Crippen LogP contribution is 2.30. The van der Waals surface area contributed by atoms with E-state index in [2.05, 4.69) is 0 Å². The van der Waals surface area contributed by atoms with Crippen LogP contribution in [0.25, 0.3) is 0 Å². The van der Waals surface area contributed by atoms with E-state index in [1.54, 1.807) is 13.8 Å². The Balaban J connectivity index is 3.11. The van der Waals surface area contributed by atoms with Gasteiger partial charge in [-0.1, -0.05) is 19.9 Å². The van der Waals surface area contributed by atoms with Crippen LogP contribution in [-0.2, 0) is 21.0 Å². The Labute approximate surface area is 126 Å². The maximum atomic E-state index is 12.6. The molecule has 5 nitrogen and oxygen atoms in total. The molecule has 1 unspecified atom stereocenters. The van der Waals surface area contributed by atoms with E-state index < -0.39 is 38.7 Å². The molecule has 0 bridgehead atoms. The smallest absolute Gasteiger partial charge is 0.416 e. The highest BCUT2D eigenvalue weighted by Gasteiger charge is 2.32. The number of carboxylic acids is 1. The Morgan fingerprint density at radius 3 is 2.36 bits per heavy atom. The monoisotopic (exact) mass is 339 g/mol. The molecule has 0 fully saturated rings. The van der Waals surface area contributed by atoms with Crippen molar-refractivity contribution in [3.63, 3.8) is 0 Å². The molecule has 0 saturated carbocycles. The normalized spacial score (nSPS) is 14.1. The van der Waals surface area contributed by atoms with Gasteiger partial charge < -0.3 is 5.11 Å². The molecule has 1 rings (SSSR count). The number of carbonyl (C=O) groups is 1. The number of rotatable bonds is 6. The molecule has 22 heavy (non-hydrogen) atoms. The topological polar surface area (TPSA) is 83.5 Å². The van der Waals surface area contributed by atoms with Crippen LogP contribution in [0, 0.1) is 5.92 Å². The molecule has 0 heterocycles. The van der Waals surface area contributed by atoms with Gasteiger partial charge in [0.1, 0.15) is 6.04 Å². The Morgan fingerprint density at radius 2 is 1.91 bits per heavy atom. The van der Waals surface area contributed by atoms with E-state index in [0.717, 1.165) is 18.2 Å². The first kappa shape index (κ1) is 18.4. The van der Waals surface area contributed by atoms with Crippen LogP contribution >= 0.6 is 0 Å². The van der Waals surface area contributed by atoms with Gasteiger partial charge in [0, 0.05) is 0 Å². The summed E-state index contributed by atoms with van der Waals surface area (Å²) < 4.78 is 63.9. The molecular formula is C13H16F3NO4S. The van der Waals surface area contributed by atoms with Crippen molar-refractivity contribution in [2.24, 2.45) is 5.92 Å². The molecule has 0 amide bonds. The Bertz CT molecular complexity index is 641. The lowest BCUT2D eigenvalue weighted by Gasteiger charge is -2.17. The molecule has 0 saturated heterocycles. The largest absolute Gasteiger partial charge is 0.480 e. The molecule has 2 N–H and O–H groups in total. The van der Waals surface area contributed by atoms with Crippen molar-refractivity contribution in [1.82, 2.24) is 4.72 Å². The molecule has 1 aromatic rings. The average Bonchev–Trinajstić information content (AvgIpc) is 2.36. The third kappa shape index (κ3) is 4.99. The summed E-state index contributed by atoms with van der Waals surface area (Å²) in [7, 11) is -4.36. The number of hydrogen-bond donors (Lipinski definition) is 2. The lowest BCUT2D eigenvalue weighted by molar-refractivity contribution is -0.139. The minimum Gasteiger partial charge on any atom is -0.480 e. The minimum atomic E-state index is -4.68. The fraction of sp³-hybridized carbons (Fsp3) is 0.462. The van der Waals surface area contributed by atoms with Crippen LogP contribution < -0.4 is 4.72 Å². The molecule has 0 spiro atoms. The summed E-state index contributed by atoms with van der Waals surface area (Å²) in [4.78, 5) is 10.4. The number of benzene rings is 1.